The Balaban J connectivity index is 3.89. The molecular formula is C59H119O9P. The number of phosphoric ester groups is 1. The van der Waals surface area contributed by atoms with Crippen LogP contribution in [0.15, 0.2) is 0 Å². The van der Waals surface area contributed by atoms with Crippen LogP contribution < -0.4 is 0 Å². The van der Waals surface area contributed by atoms with E-state index in [0.717, 1.165) is 32.1 Å². The predicted octanol–water partition coefficient (Wildman–Crippen LogP) is 18.6. The second kappa shape index (κ2) is 56.8. The van der Waals surface area contributed by atoms with Crippen molar-refractivity contribution in [2.24, 2.45) is 0 Å². The first-order valence-corrected chi connectivity index (χ1v) is 32.0. The van der Waals surface area contributed by atoms with Crippen molar-refractivity contribution < 1.29 is 43.0 Å². The highest BCUT2D eigenvalue weighted by atomic mass is 31.2. The summed E-state index contributed by atoms with van der Waals surface area (Å²) < 4.78 is 33.7. The summed E-state index contributed by atoms with van der Waals surface area (Å²) in [6.07, 6.45) is 62.5. The van der Waals surface area contributed by atoms with Gasteiger partial charge in [0.05, 0.1) is 26.4 Å². The van der Waals surface area contributed by atoms with Gasteiger partial charge in [-0.1, -0.05) is 309 Å². The molecule has 0 rings (SSSR count). The molecular weight excluding hydrogens is 884 g/mol. The molecule has 0 aliphatic rings. The molecule has 0 saturated heterocycles. The van der Waals surface area contributed by atoms with E-state index in [1.807, 2.05) is 0 Å². The first-order chi connectivity index (χ1) is 33.8. The number of carbonyl (C=O) groups is 1. The van der Waals surface area contributed by atoms with Crippen LogP contribution in [0.1, 0.15) is 328 Å². The topological polar surface area (TPSA) is 132 Å². The van der Waals surface area contributed by atoms with Gasteiger partial charge < -0.3 is 24.6 Å². The number of unbranched alkanes of at least 4 members (excludes halogenated alkanes) is 46. The summed E-state index contributed by atoms with van der Waals surface area (Å²) in [7, 11) is -4.52. The summed E-state index contributed by atoms with van der Waals surface area (Å²) in [6, 6.07) is 0. The number of aliphatic hydroxyl groups excluding tert-OH is 2. The molecule has 0 spiro atoms. The van der Waals surface area contributed by atoms with Crippen molar-refractivity contribution in [1.82, 2.24) is 0 Å². The van der Waals surface area contributed by atoms with Crippen LogP contribution in [0.3, 0.4) is 0 Å². The minimum atomic E-state index is -4.52. The molecule has 3 N–H and O–H groups in total. The molecule has 0 radical (unpaired) electrons. The van der Waals surface area contributed by atoms with E-state index in [0.29, 0.717) is 6.61 Å². The lowest BCUT2D eigenvalue weighted by Crippen LogP contribution is -2.29. The molecule has 69 heavy (non-hydrogen) atoms. The molecule has 0 aromatic rings. The second-order valence-corrected chi connectivity index (χ2v) is 22.6. The Morgan fingerprint density at radius 3 is 0.942 bits per heavy atom. The number of aliphatic hydroxyl groups is 2. The van der Waals surface area contributed by atoms with Gasteiger partial charge in [0, 0.05) is 13.0 Å². The zero-order valence-corrected chi connectivity index (χ0v) is 47.0. The number of rotatable bonds is 60. The van der Waals surface area contributed by atoms with E-state index < -0.39 is 33.2 Å². The maximum Gasteiger partial charge on any atom is 0.472 e. The number of ether oxygens (including phenoxy) is 2. The summed E-state index contributed by atoms with van der Waals surface area (Å²) >= 11 is 0. The van der Waals surface area contributed by atoms with E-state index >= 15 is 0 Å². The first kappa shape index (κ1) is 68.5. The number of phosphoric acid groups is 1. The molecule has 0 amide bonds. The van der Waals surface area contributed by atoms with Crippen molar-refractivity contribution in [2.75, 3.05) is 33.0 Å². The van der Waals surface area contributed by atoms with Gasteiger partial charge in [0.15, 0.2) is 0 Å². The standard InChI is InChI=1S/C59H119O9P/c1-3-5-7-9-11-13-15-17-19-21-23-25-26-27-28-29-30-31-32-33-35-37-39-41-43-45-47-49-51-59(62)68-58(56-67-69(63,64)66-54-57(61)53-60)55-65-52-50-48-46-44-42-40-38-36-34-24-22-20-18-16-14-12-10-8-6-4-2/h57-58,60-61H,3-56H2,1-2H3,(H,63,64)/t57-,58+/m0/s1. The van der Waals surface area contributed by atoms with Crippen LogP contribution in [-0.4, -0.2) is 66.3 Å². The van der Waals surface area contributed by atoms with Gasteiger partial charge in [-0.2, -0.15) is 0 Å². The van der Waals surface area contributed by atoms with E-state index in [2.05, 4.69) is 13.8 Å². The highest BCUT2D eigenvalue weighted by Crippen LogP contribution is 2.43. The van der Waals surface area contributed by atoms with Crippen molar-refractivity contribution in [3.05, 3.63) is 0 Å². The maximum atomic E-state index is 12.7. The number of hydrogen-bond donors (Lipinski definition) is 3. The van der Waals surface area contributed by atoms with Gasteiger partial charge >= 0.3 is 13.8 Å². The van der Waals surface area contributed by atoms with Crippen molar-refractivity contribution in [1.29, 1.82) is 0 Å². The number of hydrogen-bond acceptors (Lipinski definition) is 8. The van der Waals surface area contributed by atoms with Gasteiger partial charge in [-0.15, -0.1) is 0 Å². The average molecular weight is 1000 g/mol. The average Bonchev–Trinajstić information content (AvgIpc) is 3.34. The van der Waals surface area contributed by atoms with Crippen LogP contribution in [0.4, 0.5) is 0 Å². The third kappa shape index (κ3) is 56.6. The maximum absolute atomic E-state index is 12.7. The van der Waals surface area contributed by atoms with Crippen LogP contribution >= 0.6 is 7.82 Å². The summed E-state index contributed by atoms with van der Waals surface area (Å²) in [5.41, 5.74) is 0. The Kier molecular flexibility index (Phi) is 56.3. The van der Waals surface area contributed by atoms with Crippen molar-refractivity contribution in [2.45, 2.75) is 341 Å². The van der Waals surface area contributed by atoms with Gasteiger partial charge in [0.1, 0.15) is 12.2 Å². The lowest BCUT2D eigenvalue weighted by Gasteiger charge is -2.20. The Hall–Kier alpha value is -0.540. The quantitative estimate of drug-likeness (QED) is 0.0310. The van der Waals surface area contributed by atoms with Crippen LogP contribution in [-0.2, 0) is 27.9 Å². The summed E-state index contributed by atoms with van der Waals surface area (Å²) in [6.45, 7) is 3.63. The van der Waals surface area contributed by atoms with Crippen molar-refractivity contribution >= 4 is 13.8 Å². The number of carbonyl (C=O) groups excluding carboxylic acids is 1. The molecule has 0 aliphatic heterocycles. The van der Waals surface area contributed by atoms with E-state index in [4.69, 9.17) is 23.6 Å². The smallest absolute Gasteiger partial charge is 0.457 e. The fourth-order valence-corrected chi connectivity index (χ4v) is 10.2. The zero-order chi connectivity index (χ0) is 50.2. The van der Waals surface area contributed by atoms with Crippen LogP contribution in [0, 0.1) is 0 Å². The van der Waals surface area contributed by atoms with Gasteiger partial charge in [-0.05, 0) is 12.8 Å². The SMILES string of the molecule is CCCCCCCCCCCCCCCCCCCCCCCCCCCCCCC(=O)O[C@H](COCCCCCCCCCCCCCCCCCCCCCC)COP(=O)(O)OC[C@@H](O)CO. The fraction of sp³-hybridized carbons (Fsp3) is 0.983. The van der Waals surface area contributed by atoms with E-state index in [1.165, 1.54) is 276 Å². The van der Waals surface area contributed by atoms with Gasteiger partial charge in [-0.3, -0.25) is 13.8 Å². The van der Waals surface area contributed by atoms with Crippen molar-refractivity contribution in [3.8, 4) is 0 Å². The Labute approximate surface area is 428 Å². The van der Waals surface area contributed by atoms with E-state index in [1.54, 1.807) is 0 Å². The molecule has 0 aromatic carbocycles. The molecule has 414 valence electrons. The molecule has 0 aliphatic carbocycles. The zero-order valence-electron chi connectivity index (χ0n) is 46.1. The summed E-state index contributed by atoms with van der Waals surface area (Å²) in [4.78, 5) is 22.8. The van der Waals surface area contributed by atoms with Crippen LogP contribution in [0.2, 0.25) is 0 Å². The second-order valence-electron chi connectivity index (χ2n) is 21.1. The number of esters is 1. The lowest BCUT2D eigenvalue weighted by molar-refractivity contribution is -0.154. The highest BCUT2D eigenvalue weighted by molar-refractivity contribution is 7.47. The Bertz CT molecular complexity index is 1050. The van der Waals surface area contributed by atoms with Gasteiger partial charge in [-0.25, -0.2) is 4.57 Å². The summed E-state index contributed by atoms with van der Waals surface area (Å²) in [5.74, 6) is -0.370. The first-order valence-electron chi connectivity index (χ1n) is 30.5. The molecule has 0 fully saturated rings. The molecule has 0 heterocycles. The van der Waals surface area contributed by atoms with Gasteiger partial charge in [0.25, 0.3) is 0 Å². The third-order valence-electron chi connectivity index (χ3n) is 14.0. The Morgan fingerprint density at radius 1 is 0.391 bits per heavy atom. The molecule has 0 saturated carbocycles. The highest BCUT2D eigenvalue weighted by Gasteiger charge is 2.26. The molecule has 9 nitrogen and oxygen atoms in total. The monoisotopic (exact) mass is 1000 g/mol. The normalized spacial score (nSPS) is 13.5. The third-order valence-corrected chi connectivity index (χ3v) is 15.0. The summed E-state index contributed by atoms with van der Waals surface area (Å²) in [5, 5.41) is 18.5. The molecule has 0 aromatic heterocycles. The minimum absolute atomic E-state index is 0.0592. The molecule has 3 atom stereocenters. The lowest BCUT2D eigenvalue weighted by atomic mass is 10.0. The van der Waals surface area contributed by atoms with Gasteiger partial charge in [0.2, 0.25) is 0 Å². The molecule has 0 bridgehead atoms. The van der Waals surface area contributed by atoms with E-state index in [9.17, 15) is 19.4 Å². The predicted molar refractivity (Wildman–Crippen MR) is 293 cm³/mol. The fourth-order valence-electron chi connectivity index (χ4n) is 9.42. The Morgan fingerprint density at radius 2 is 0.652 bits per heavy atom. The molecule has 10 heteroatoms. The molecule has 1 unspecified atom stereocenters. The van der Waals surface area contributed by atoms with Crippen molar-refractivity contribution in [3.63, 3.8) is 0 Å². The minimum Gasteiger partial charge on any atom is -0.457 e. The van der Waals surface area contributed by atoms with Crippen LogP contribution in [0.5, 0.6) is 0 Å². The largest absolute Gasteiger partial charge is 0.472 e. The van der Waals surface area contributed by atoms with Crippen LogP contribution in [0.25, 0.3) is 0 Å². The van der Waals surface area contributed by atoms with E-state index in [-0.39, 0.29) is 25.6 Å².